The van der Waals surface area contributed by atoms with E-state index in [1.54, 1.807) is 0 Å². The van der Waals surface area contributed by atoms with Crippen LogP contribution < -0.4 is 5.32 Å². The van der Waals surface area contributed by atoms with Gasteiger partial charge in [0, 0.05) is 65.4 Å². The van der Waals surface area contributed by atoms with Gasteiger partial charge >= 0.3 is 0 Å². The highest BCUT2D eigenvalue weighted by atomic mass is 127. The third kappa shape index (κ3) is 7.03. The standard InChI is InChI=1S/C24H39N5O2.HI/c1-19-15-27(16-20(2)31-19)17-22-6-4-21(5-7-22)14-26-24(25-3)29-9-8-23(18-29)28-10-12-30-13-11-28;/h4-7,19-20,23H,8-18H2,1-3H3,(H,25,26);1H. The predicted octanol–water partition coefficient (Wildman–Crippen LogP) is 2.40. The van der Waals surface area contributed by atoms with Gasteiger partial charge in [-0.1, -0.05) is 24.3 Å². The van der Waals surface area contributed by atoms with Crippen LogP contribution in [-0.2, 0) is 22.6 Å². The molecule has 0 aromatic heterocycles. The highest BCUT2D eigenvalue weighted by molar-refractivity contribution is 14.0. The first-order chi connectivity index (χ1) is 15.1. The Balaban J connectivity index is 0.00000289. The van der Waals surface area contributed by atoms with Crippen LogP contribution in [0, 0.1) is 0 Å². The number of nitrogens with zero attached hydrogens (tertiary/aromatic N) is 4. The van der Waals surface area contributed by atoms with Gasteiger partial charge in [0.15, 0.2) is 5.96 Å². The Morgan fingerprint density at radius 2 is 1.66 bits per heavy atom. The van der Waals surface area contributed by atoms with Crippen LogP contribution in [-0.4, -0.2) is 98.4 Å². The number of ether oxygens (including phenoxy) is 2. The maximum atomic E-state index is 5.85. The first kappa shape index (κ1) is 25.7. The lowest BCUT2D eigenvalue weighted by Crippen LogP contribution is -2.46. The normalized spacial score (nSPS) is 27.9. The van der Waals surface area contributed by atoms with Gasteiger partial charge in [0.1, 0.15) is 0 Å². The maximum Gasteiger partial charge on any atom is 0.193 e. The van der Waals surface area contributed by atoms with Gasteiger partial charge in [-0.3, -0.25) is 14.8 Å². The summed E-state index contributed by atoms with van der Waals surface area (Å²) in [5.41, 5.74) is 2.65. The quantitative estimate of drug-likeness (QED) is 0.341. The number of guanidine groups is 1. The molecule has 3 aliphatic rings. The van der Waals surface area contributed by atoms with Gasteiger partial charge in [0.25, 0.3) is 0 Å². The summed E-state index contributed by atoms with van der Waals surface area (Å²) in [5.74, 6) is 1.01. The minimum absolute atomic E-state index is 0. The number of nitrogens with one attached hydrogen (secondary N) is 1. The highest BCUT2D eigenvalue weighted by Crippen LogP contribution is 2.18. The largest absolute Gasteiger partial charge is 0.379 e. The van der Waals surface area contributed by atoms with Crippen molar-refractivity contribution in [1.82, 2.24) is 20.0 Å². The van der Waals surface area contributed by atoms with Gasteiger partial charge in [-0.2, -0.15) is 0 Å². The molecular weight excluding hydrogens is 517 g/mol. The van der Waals surface area contributed by atoms with E-state index in [1.807, 2.05) is 7.05 Å². The van der Waals surface area contributed by atoms with Crippen molar-refractivity contribution in [2.75, 3.05) is 59.5 Å². The average Bonchev–Trinajstić information content (AvgIpc) is 3.25. The minimum atomic E-state index is 0. The molecule has 3 saturated heterocycles. The fourth-order valence-electron chi connectivity index (χ4n) is 5.12. The van der Waals surface area contributed by atoms with Gasteiger partial charge in [-0.15, -0.1) is 24.0 Å². The van der Waals surface area contributed by atoms with Crippen LogP contribution in [0.15, 0.2) is 29.3 Å². The SMILES string of the molecule is CN=C(NCc1ccc(CN2CC(C)OC(C)C2)cc1)N1CCC(N2CCOCC2)C1.I. The average molecular weight is 558 g/mol. The lowest BCUT2D eigenvalue weighted by molar-refractivity contribution is -0.0704. The van der Waals surface area contributed by atoms with Crippen LogP contribution in [0.3, 0.4) is 0 Å². The Morgan fingerprint density at radius 3 is 2.31 bits per heavy atom. The van der Waals surface area contributed by atoms with Crippen LogP contribution in [0.25, 0.3) is 0 Å². The minimum Gasteiger partial charge on any atom is -0.379 e. The summed E-state index contributed by atoms with van der Waals surface area (Å²) in [7, 11) is 1.89. The van der Waals surface area contributed by atoms with Crippen LogP contribution in [0.5, 0.6) is 0 Å². The van der Waals surface area contributed by atoms with Crippen molar-refractivity contribution in [2.45, 2.75) is 51.6 Å². The molecule has 8 heteroatoms. The molecule has 0 amide bonds. The van der Waals surface area contributed by atoms with E-state index in [4.69, 9.17) is 9.47 Å². The second kappa shape index (κ2) is 12.5. The van der Waals surface area contributed by atoms with Crippen molar-refractivity contribution in [2.24, 2.45) is 4.99 Å². The van der Waals surface area contributed by atoms with E-state index in [1.165, 1.54) is 17.5 Å². The number of likely N-dealkylation sites (tertiary alicyclic amines) is 1. The van der Waals surface area contributed by atoms with E-state index in [2.05, 4.69) is 63.1 Å². The summed E-state index contributed by atoms with van der Waals surface area (Å²) in [6, 6.07) is 9.61. The number of hydrogen-bond acceptors (Lipinski definition) is 5. The molecule has 0 radical (unpaired) electrons. The first-order valence-corrected chi connectivity index (χ1v) is 11.8. The van der Waals surface area contributed by atoms with Crippen molar-refractivity contribution < 1.29 is 9.47 Å². The van der Waals surface area contributed by atoms with E-state index in [0.717, 1.165) is 71.5 Å². The van der Waals surface area contributed by atoms with Crippen LogP contribution in [0.2, 0.25) is 0 Å². The second-order valence-corrected chi connectivity index (χ2v) is 9.21. The molecule has 0 spiro atoms. The molecule has 1 aromatic rings. The Morgan fingerprint density at radius 1 is 1.00 bits per heavy atom. The fraction of sp³-hybridized carbons (Fsp3) is 0.708. The summed E-state index contributed by atoms with van der Waals surface area (Å²) < 4.78 is 11.4. The van der Waals surface area contributed by atoms with Gasteiger partial charge in [0.05, 0.1) is 25.4 Å². The molecule has 7 nitrogen and oxygen atoms in total. The molecule has 1 aromatic carbocycles. The lowest BCUT2D eigenvalue weighted by atomic mass is 10.1. The van der Waals surface area contributed by atoms with Crippen LogP contribution in [0.4, 0.5) is 0 Å². The molecule has 3 unspecified atom stereocenters. The Labute approximate surface area is 210 Å². The molecule has 3 aliphatic heterocycles. The summed E-state index contributed by atoms with van der Waals surface area (Å²) in [4.78, 5) is 12.0. The molecule has 180 valence electrons. The predicted molar refractivity (Wildman–Crippen MR) is 140 cm³/mol. The van der Waals surface area contributed by atoms with Gasteiger partial charge < -0.3 is 19.7 Å². The molecule has 3 atom stereocenters. The van der Waals surface area contributed by atoms with Crippen LogP contribution in [0.1, 0.15) is 31.4 Å². The van der Waals surface area contributed by atoms with Gasteiger partial charge in [-0.05, 0) is 31.4 Å². The monoisotopic (exact) mass is 557 g/mol. The van der Waals surface area contributed by atoms with Crippen molar-refractivity contribution in [3.63, 3.8) is 0 Å². The summed E-state index contributed by atoms with van der Waals surface area (Å²) in [5, 5.41) is 3.57. The second-order valence-electron chi connectivity index (χ2n) is 9.21. The summed E-state index contributed by atoms with van der Waals surface area (Å²) in [6.07, 6.45) is 1.83. The van der Waals surface area contributed by atoms with Crippen molar-refractivity contribution in [3.05, 3.63) is 35.4 Å². The third-order valence-electron chi connectivity index (χ3n) is 6.61. The topological polar surface area (TPSA) is 52.6 Å². The number of benzene rings is 1. The van der Waals surface area contributed by atoms with Crippen molar-refractivity contribution in [3.8, 4) is 0 Å². The molecular formula is C24H40IN5O2. The van der Waals surface area contributed by atoms with Gasteiger partial charge in [-0.25, -0.2) is 0 Å². The summed E-state index contributed by atoms with van der Waals surface area (Å²) in [6.45, 7) is 14.1. The maximum absolute atomic E-state index is 5.85. The number of rotatable bonds is 5. The Hall–Kier alpha value is -0.940. The molecule has 0 saturated carbocycles. The van der Waals surface area contributed by atoms with E-state index in [9.17, 15) is 0 Å². The van der Waals surface area contributed by atoms with Gasteiger partial charge in [0.2, 0.25) is 0 Å². The molecule has 0 bridgehead atoms. The number of hydrogen-bond donors (Lipinski definition) is 1. The third-order valence-corrected chi connectivity index (χ3v) is 6.61. The number of morpholine rings is 2. The molecule has 3 heterocycles. The molecule has 4 rings (SSSR count). The zero-order chi connectivity index (χ0) is 21.6. The highest BCUT2D eigenvalue weighted by Gasteiger charge is 2.30. The molecule has 32 heavy (non-hydrogen) atoms. The van der Waals surface area contributed by atoms with E-state index >= 15 is 0 Å². The zero-order valence-electron chi connectivity index (χ0n) is 19.8. The Kier molecular flexibility index (Phi) is 10.0. The molecule has 1 N–H and O–H groups in total. The number of aliphatic imine (C=N–C) groups is 1. The Bertz CT molecular complexity index is 716. The zero-order valence-corrected chi connectivity index (χ0v) is 22.2. The van der Waals surface area contributed by atoms with Crippen molar-refractivity contribution >= 4 is 29.9 Å². The smallest absolute Gasteiger partial charge is 0.193 e. The fourth-order valence-corrected chi connectivity index (χ4v) is 5.12. The van der Waals surface area contributed by atoms with E-state index < -0.39 is 0 Å². The summed E-state index contributed by atoms with van der Waals surface area (Å²) >= 11 is 0. The van der Waals surface area contributed by atoms with Crippen molar-refractivity contribution in [1.29, 1.82) is 0 Å². The van der Waals surface area contributed by atoms with E-state index in [-0.39, 0.29) is 24.0 Å². The molecule has 0 aliphatic carbocycles. The number of halogens is 1. The van der Waals surface area contributed by atoms with Crippen LogP contribution >= 0.6 is 24.0 Å². The molecule has 3 fully saturated rings. The lowest BCUT2D eigenvalue weighted by Gasteiger charge is -2.35. The van der Waals surface area contributed by atoms with E-state index in [0.29, 0.717) is 18.2 Å². The first-order valence-electron chi connectivity index (χ1n) is 11.8.